The van der Waals surface area contributed by atoms with Crippen molar-refractivity contribution in [1.29, 1.82) is 0 Å². The number of phenolic OH excluding ortho intramolecular Hbond substituents is 2. The third kappa shape index (κ3) is 13.6. The number of aromatic nitrogens is 8. The molecule has 5 N–H and O–H groups in total. The predicted molar refractivity (Wildman–Crippen MR) is 228 cm³/mol. The van der Waals surface area contributed by atoms with Crippen molar-refractivity contribution in [2.75, 3.05) is 38.9 Å². The second kappa shape index (κ2) is 27.8. The molecule has 6 heterocycles. The summed E-state index contributed by atoms with van der Waals surface area (Å²) in [6.45, 7) is 0.105. The van der Waals surface area contributed by atoms with Crippen LogP contribution in [-0.4, -0.2) is 176 Å². The van der Waals surface area contributed by atoms with Gasteiger partial charge in [0.05, 0.1) is 48.9 Å². The number of nitrogens with one attached hydrogen (secondary N) is 2. The van der Waals surface area contributed by atoms with Crippen LogP contribution in [0, 0.1) is 0 Å². The first-order valence-corrected chi connectivity index (χ1v) is 22.3. The topological polar surface area (TPSA) is 421 Å². The number of ether oxygens (including phenoxy) is 4. The summed E-state index contributed by atoms with van der Waals surface area (Å²) in [5, 5.41) is 88.7. The Kier molecular flexibility index (Phi) is 23.8. The van der Waals surface area contributed by atoms with Crippen LogP contribution in [0.25, 0.3) is 0 Å². The van der Waals surface area contributed by atoms with Crippen molar-refractivity contribution < 1.29 is 177 Å². The molecule has 30 nitrogen and oxygen atoms in total. The maximum absolute atomic E-state index is 13.1. The molecule has 2 aromatic heterocycles. The number of tetrazole rings is 2. The number of benzene rings is 2. The average Bonchev–Trinajstić information content (AvgIpc) is 3.97. The minimum Gasteiger partial charge on any atom is -0.665 e. The summed E-state index contributed by atoms with van der Waals surface area (Å²) in [4.78, 5) is 97.2. The van der Waals surface area contributed by atoms with Crippen molar-refractivity contribution in [3.05, 3.63) is 82.2 Å². The second-order valence-corrected chi connectivity index (χ2v) is 17.0. The van der Waals surface area contributed by atoms with Gasteiger partial charge in [-0.2, -0.15) is 0 Å². The standard InChI is InChI=1S/C20H20N6O9S.C19H20N6O7S.CHO2.3Na/c1-25-19(22-23-24-25)36-8-10-7-35-18-20(34-2,17(33)26(18)13(10)16(31)32)21-14(28)12(15(29)30)9-3-5-11(27)6-4-9;1-24-18(21-22-23-24)33-9-11-8-32-17-19(31-2,16(30)25(17)14(11)15(28)29)20-13(27)7-10-3-5-12(26)6-4-10;2-1-3;;;/h3-6,12,18,27H,7-8H2,1-2H3,(H,21,28)(H,29,30)(H,31,32);3-6,17,26H,7-9H2,1-2H3,(H,20,27)(H,28,29);(H,2,3);;;/q;;-1;3*+1/p-3/t12?,18?,20-;17?,19-;;;;/m00..../s1. The molecule has 2 saturated heterocycles. The Labute approximate surface area is 497 Å². The van der Waals surface area contributed by atoms with Crippen molar-refractivity contribution in [2.45, 2.75) is 46.6 Å². The molecule has 0 radical (unpaired) electrons. The van der Waals surface area contributed by atoms with Crippen LogP contribution in [-0.2, 0) is 77.8 Å². The predicted octanol–water partition coefficient (Wildman–Crippen LogP) is -15.3. The number of carbonyl (C=O) groups excluding carboxylic acids is 7. The molecule has 2 fully saturated rings. The Morgan fingerprint density at radius 3 is 1.51 bits per heavy atom. The van der Waals surface area contributed by atoms with Gasteiger partial charge in [0.1, 0.15) is 17.4 Å². The van der Waals surface area contributed by atoms with Gasteiger partial charge in [0.25, 0.3) is 23.3 Å². The van der Waals surface area contributed by atoms with Gasteiger partial charge in [0.2, 0.25) is 22.1 Å². The van der Waals surface area contributed by atoms with Gasteiger partial charge in [-0.05, 0) is 67.4 Å². The number of carbonyl (C=O) groups is 7. The van der Waals surface area contributed by atoms with E-state index in [1.54, 1.807) is 26.2 Å². The van der Waals surface area contributed by atoms with Gasteiger partial charge in [-0.15, -0.1) is 10.2 Å². The molecule has 3 unspecified atom stereocenters. The summed E-state index contributed by atoms with van der Waals surface area (Å²) in [5.41, 5.74) is -3.81. The first-order chi connectivity index (χ1) is 34.3. The van der Waals surface area contributed by atoms with E-state index in [2.05, 4.69) is 41.7 Å². The van der Waals surface area contributed by atoms with Crippen LogP contribution in [0.1, 0.15) is 17.0 Å². The van der Waals surface area contributed by atoms with Crippen LogP contribution in [0.5, 0.6) is 11.5 Å². The summed E-state index contributed by atoms with van der Waals surface area (Å²) >= 11 is 2.27. The molecule has 4 aliphatic heterocycles. The number of rotatable bonds is 17. The number of aryl methyl sites for hydroxylation is 2. The number of hydrogen-bond acceptors (Lipinski definition) is 25. The number of phenols is 2. The van der Waals surface area contributed by atoms with Crippen LogP contribution in [0.4, 0.5) is 0 Å². The molecule has 8 rings (SSSR count). The number of aliphatic carboxylic acids is 3. The Hall–Kier alpha value is -5.04. The van der Waals surface area contributed by atoms with Gasteiger partial charge in [-0.1, -0.05) is 54.3 Å². The first kappa shape index (κ1) is 64.2. The number of nitrogens with zero attached hydrogens (tertiary/aromatic N) is 10. The smallest absolute Gasteiger partial charge is 0.665 e. The zero-order valence-corrected chi connectivity index (χ0v) is 48.3. The molecule has 0 saturated carbocycles. The second-order valence-electron chi connectivity index (χ2n) is 15.1. The molecule has 4 aromatic rings. The van der Waals surface area contributed by atoms with Crippen molar-refractivity contribution in [1.82, 2.24) is 60.8 Å². The van der Waals surface area contributed by atoms with Gasteiger partial charge >= 0.3 is 88.7 Å². The van der Waals surface area contributed by atoms with E-state index < -0.39 is 77.1 Å². The van der Waals surface area contributed by atoms with Crippen LogP contribution in [0.15, 0.2) is 81.4 Å². The monoisotopic (exact) mass is 1110 g/mol. The number of methoxy groups -OCH3 is 2. The Balaban J connectivity index is 0.000000363. The number of aromatic hydroxyl groups is 2. The normalized spacial score (nSPS) is 20.4. The molecule has 0 bridgehead atoms. The Morgan fingerprint density at radius 1 is 0.747 bits per heavy atom. The van der Waals surface area contributed by atoms with Crippen LogP contribution in [0.2, 0.25) is 0 Å². The zero-order chi connectivity index (χ0) is 52.7. The quantitative estimate of drug-likeness (QED) is 0.0164. The van der Waals surface area contributed by atoms with E-state index in [0.717, 1.165) is 28.7 Å². The summed E-state index contributed by atoms with van der Waals surface area (Å²) in [6, 6.07) is 10.8. The largest absolute Gasteiger partial charge is 1.00 e. The Bertz CT molecular complexity index is 2840. The fourth-order valence-electron chi connectivity index (χ4n) is 7.44. The number of thioether (sulfide) groups is 2. The van der Waals surface area contributed by atoms with E-state index in [-0.39, 0.29) is 148 Å². The number of hydrogen-bond donors (Lipinski definition) is 5. The molecule has 4 amide bonds. The number of β-lactam (4-membered cyclic amide) rings is 2. The summed E-state index contributed by atoms with van der Waals surface area (Å²) in [6.07, 6.45) is -2.70. The van der Waals surface area contributed by atoms with Crippen molar-refractivity contribution in [2.24, 2.45) is 14.1 Å². The van der Waals surface area contributed by atoms with Gasteiger partial charge in [0.15, 0.2) is 12.5 Å². The van der Waals surface area contributed by atoms with E-state index >= 15 is 0 Å². The van der Waals surface area contributed by atoms with Gasteiger partial charge < -0.3 is 79.4 Å². The van der Waals surface area contributed by atoms with Crippen molar-refractivity contribution in [3.63, 3.8) is 0 Å². The molecule has 35 heteroatoms. The van der Waals surface area contributed by atoms with Crippen LogP contribution >= 0.6 is 23.5 Å². The maximum atomic E-state index is 13.1. The number of fused-ring (bicyclic) bond motifs is 2. The summed E-state index contributed by atoms with van der Waals surface area (Å²) in [5.74, 6) is -10.3. The minimum atomic E-state index is -2.20. The van der Waals surface area contributed by atoms with E-state index in [9.17, 15) is 59.1 Å². The number of carboxylic acid groups (broad SMARTS) is 3. The molecule has 75 heavy (non-hydrogen) atoms. The van der Waals surface area contributed by atoms with Crippen molar-refractivity contribution >= 4 is 71.5 Å². The molecular formula is C40H38N12Na3O18S2-. The number of amides is 4. The van der Waals surface area contributed by atoms with E-state index in [1.165, 1.54) is 64.6 Å². The molecule has 382 valence electrons. The molecule has 5 atom stereocenters. The molecule has 4 aliphatic rings. The SMILES string of the molecule is CO[C@@]1(NC(=O)C(C(=O)[O-])c2ccc(O)cc2)C(=O)N2C(C(=O)[O-])=C(CSc3nnnn3C)COC21.CO[C@@]1(NC(=O)Cc2ccc(O)cc2)C(=O)N2C(C(=O)[O-])=C(CSc3nnnn3C)COC21.O=[C-]O.[Na+].[Na+].[Na+]. The van der Waals surface area contributed by atoms with Crippen LogP contribution in [0.3, 0.4) is 0 Å². The fourth-order valence-corrected chi connectivity index (χ4v) is 9.12. The third-order valence-corrected chi connectivity index (χ3v) is 13.0. The van der Waals surface area contributed by atoms with E-state index in [1.807, 2.05) is 0 Å². The first-order valence-electron chi connectivity index (χ1n) is 20.3. The molecule has 0 aliphatic carbocycles. The molecular weight excluding hydrogens is 1070 g/mol. The van der Waals surface area contributed by atoms with Gasteiger partial charge in [0, 0.05) is 39.8 Å². The Morgan fingerprint density at radius 2 is 1.15 bits per heavy atom. The maximum Gasteiger partial charge on any atom is 1.00 e. The van der Waals surface area contributed by atoms with E-state index in [0.29, 0.717) is 27.9 Å². The van der Waals surface area contributed by atoms with Gasteiger partial charge in [-0.3, -0.25) is 29.0 Å². The van der Waals surface area contributed by atoms with Gasteiger partial charge in [-0.25, -0.2) is 9.36 Å². The average molecular weight is 1110 g/mol. The zero-order valence-electron chi connectivity index (χ0n) is 40.6. The van der Waals surface area contributed by atoms with Crippen molar-refractivity contribution in [3.8, 4) is 11.5 Å². The third-order valence-electron chi connectivity index (χ3n) is 10.8. The van der Waals surface area contributed by atoms with Crippen LogP contribution < -0.4 is 115 Å². The number of aliphatic hydroxyl groups excluding tert-OH is 1. The number of carboxylic acids is 3. The van der Waals surface area contributed by atoms with E-state index in [4.69, 9.17) is 28.8 Å². The fraction of sp³-hybridized carbons (Fsp3) is 0.350. The minimum absolute atomic E-state index is 0. The summed E-state index contributed by atoms with van der Waals surface area (Å²) in [7, 11) is 5.52. The molecule has 2 aromatic carbocycles. The molecule has 0 spiro atoms. The summed E-state index contributed by atoms with van der Waals surface area (Å²) < 4.78 is 24.7.